The second-order valence-electron chi connectivity index (χ2n) is 5.36. The number of thiazole rings is 1. The van der Waals surface area contributed by atoms with Gasteiger partial charge in [-0.3, -0.25) is 19.2 Å². The Morgan fingerprint density at radius 2 is 1.92 bits per heavy atom. The van der Waals surface area contributed by atoms with Crippen LogP contribution in [0.15, 0.2) is 28.5 Å². The standard InChI is InChI=1S/C15H15N3O5S2/c1-9-8-24-15(16-9)17-25(21,22)12-7-10(3-4-11(12)23-2)18-13(19)5-6-14(18)20/h3-4,7-8H,5-6H2,1-2H3,(H,16,17). The molecule has 3 rings (SSSR count). The summed E-state index contributed by atoms with van der Waals surface area (Å²) in [7, 11) is -2.67. The lowest BCUT2D eigenvalue weighted by Crippen LogP contribution is -2.28. The molecule has 0 atom stereocenters. The zero-order chi connectivity index (χ0) is 18.2. The molecular formula is C15H15N3O5S2. The van der Waals surface area contributed by atoms with Crippen molar-refractivity contribution in [3.63, 3.8) is 0 Å². The quantitative estimate of drug-likeness (QED) is 0.793. The Morgan fingerprint density at radius 3 is 2.48 bits per heavy atom. The van der Waals surface area contributed by atoms with E-state index in [2.05, 4.69) is 9.71 Å². The monoisotopic (exact) mass is 381 g/mol. The fourth-order valence-corrected chi connectivity index (χ4v) is 4.58. The number of ether oxygens (including phenoxy) is 1. The lowest BCUT2D eigenvalue weighted by atomic mass is 10.2. The first-order valence-electron chi connectivity index (χ1n) is 7.30. The molecule has 0 radical (unpaired) electrons. The number of sulfonamides is 1. The topological polar surface area (TPSA) is 106 Å². The number of amides is 2. The van der Waals surface area contributed by atoms with Crippen LogP contribution in [0.1, 0.15) is 18.5 Å². The first-order valence-corrected chi connectivity index (χ1v) is 9.67. The van der Waals surface area contributed by atoms with Gasteiger partial charge < -0.3 is 4.74 Å². The van der Waals surface area contributed by atoms with Crippen LogP contribution in [0.4, 0.5) is 10.8 Å². The van der Waals surface area contributed by atoms with Crippen LogP contribution in [0, 0.1) is 6.92 Å². The SMILES string of the molecule is COc1ccc(N2C(=O)CCC2=O)cc1S(=O)(=O)Nc1nc(C)cs1. The molecule has 2 heterocycles. The van der Waals surface area contributed by atoms with Gasteiger partial charge in [-0.2, -0.15) is 0 Å². The summed E-state index contributed by atoms with van der Waals surface area (Å²) in [5.41, 5.74) is 0.890. The Bertz CT molecular complexity index is 936. The maximum Gasteiger partial charge on any atom is 0.267 e. The fraction of sp³-hybridized carbons (Fsp3) is 0.267. The Balaban J connectivity index is 2.03. The molecule has 2 amide bonds. The molecule has 0 saturated carbocycles. The number of imide groups is 1. The van der Waals surface area contributed by atoms with E-state index in [1.807, 2.05) is 0 Å². The van der Waals surface area contributed by atoms with Gasteiger partial charge >= 0.3 is 0 Å². The number of hydrogen-bond donors (Lipinski definition) is 1. The molecule has 1 aliphatic heterocycles. The van der Waals surface area contributed by atoms with Gasteiger partial charge in [-0.1, -0.05) is 0 Å². The number of anilines is 2. The highest BCUT2D eigenvalue weighted by atomic mass is 32.2. The minimum atomic E-state index is -4.01. The van der Waals surface area contributed by atoms with Gasteiger partial charge in [0.2, 0.25) is 11.8 Å². The average molecular weight is 381 g/mol. The Hall–Kier alpha value is -2.46. The van der Waals surface area contributed by atoms with Crippen molar-refractivity contribution >= 4 is 44.0 Å². The second kappa shape index (κ2) is 6.45. The number of hydrogen-bond acceptors (Lipinski definition) is 7. The van der Waals surface area contributed by atoms with Gasteiger partial charge in [0.15, 0.2) is 5.13 Å². The molecule has 10 heteroatoms. The molecule has 0 unspecified atom stereocenters. The summed E-state index contributed by atoms with van der Waals surface area (Å²) < 4.78 is 32.9. The number of benzene rings is 1. The Kier molecular flexibility index (Phi) is 4.48. The summed E-state index contributed by atoms with van der Waals surface area (Å²) in [6.07, 6.45) is 0.229. The van der Waals surface area contributed by atoms with Crippen molar-refractivity contribution in [2.24, 2.45) is 0 Å². The molecule has 132 valence electrons. The number of rotatable bonds is 5. The van der Waals surface area contributed by atoms with Gasteiger partial charge in [0.1, 0.15) is 10.6 Å². The van der Waals surface area contributed by atoms with E-state index in [0.29, 0.717) is 5.69 Å². The minimum absolute atomic E-state index is 0.101. The predicted molar refractivity (Wildman–Crippen MR) is 92.4 cm³/mol. The third-order valence-electron chi connectivity index (χ3n) is 3.59. The number of carbonyl (C=O) groups excluding carboxylic acids is 2. The number of methoxy groups -OCH3 is 1. The van der Waals surface area contributed by atoms with Crippen LogP contribution in [0.25, 0.3) is 0 Å². The van der Waals surface area contributed by atoms with Crippen LogP contribution in [0.5, 0.6) is 5.75 Å². The molecule has 1 aromatic carbocycles. The second-order valence-corrected chi connectivity index (χ2v) is 7.87. The van der Waals surface area contributed by atoms with Crippen molar-refractivity contribution in [2.45, 2.75) is 24.7 Å². The van der Waals surface area contributed by atoms with Crippen molar-refractivity contribution in [3.05, 3.63) is 29.3 Å². The lowest BCUT2D eigenvalue weighted by molar-refractivity contribution is -0.121. The largest absolute Gasteiger partial charge is 0.495 e. The average Bonchev–Trinajstić information content (AvgIpc) is 3.11. The third kappa shape index (κ3) is 3.35. The summed E-state index contributed by atoms with van der Waals surface area (Å²) in [5, 5.41) is 1.94. The van der Waals surface area contributed by atoms with Crippen molar-refractivity contribution in [3.8, 4) is 5.75 Å². The van der Waals surface area contributed by atoms with Crippen LogP contribution >= 0.6 is 11.3 Å². The Labute approximate surface area is 148 Å². The first kappa shape index (κ1) is 17.4. The van der Waals surface area contributed by atoms with Gasteiger partial charge in [-0.25, -0.2) is 13.4 Å². The highest BCUT2D eigenvalue weighted by molar-refractivity contribution is 7.93. The molecule has 8 nitrogen and oxygen atoms in total. The fourth-order valence-electron chi connectivity index (χ4n) is 2.45. The molecule has 1 N–H and O–H groups in total. The summed E-state index contributed by atoms with van der Waals surface area (Å²) in [6, 6.07) is 4.14. The summed E-state index contributed by atoms with van der Waals surface area (Å²) in [5.74, 6) is -0.618. The van der Waals surface area contributed by atoms with Crippen LogP contribution < -0.4 is 14.4 Å². The zero-order valence-corrected chi connectivity index (χ0v) is 15.1. The van der Waals surface area contributed by atoms with E-state index < -0.39 is 10.0 Å². The van der Waals surface area contributed by atoms with Crippen LogP contribution in [-0.2, 0) is 19.6 Å². The minimum Gasteiger partial charge on any atom is -0.495 e. The smallest absolute Gasteiger partial charge is 0.267 e. The van der Waals surface area contributed by atoms with E-state index in [1.54, 1.807) is 12.3 Å². The lowest BCUT2D eigenvalue weighted by Gasteiger charge is -2.17. The van der Waals surface area contributed by atoms with Gasteiger partial charge in [0, 0.05) is 18.2 Å². The maximum atomic E-state index is 12.7. The van der Waals surface area contributed by atoms with Crippen molar-refractivity contribution in [2.75, 3.05) is 16.7 Å². The van der Waals surface area contributed by atoms with E-state index in [4.69, 9.17) is 4.74 Å². The van der Waals surface area contributed by atoms with E-state index in [-0.39, 0.29) is 46.1 Å². The van der Waals surface area contributed by atoms with Crippen molar-refractivity contribution in [1.29, 1.82) is 0 Å². The normalized spacial score (nSPS) is 14.9. The number of nitrogens with one attached hydrogen (secondary N) is 1. The van der Waals surface area contributed by atoms with Crippen LogP contribution in [0.2, 0.25) is 0 Å². The Morgan fingerprint density at radius 1 is 1.24 bits per heavy atom. The highest BCUT2D eigenvalue weighted by Crippen LogP contribution is 2.32. The zero-order valence-electron chi connectivity index (χ0n) is 13.5. The van der Waals surface area contributed by atoms with E-state index in [0.717, 1.165) is 16.2 Å². The van der Waals surface area contributed by atoms with Gasteiger partial charge in [-0.05, 0) is 25.1 Å². The maximum absolute atomic E-state index is 12.7. The van der Waals surface area contributed by atoms with Crippen LogP contribution in [-0.4, -0.2) is 32.3 Å². The number of aryl methyl sites for hydroxylation is 1. The van der Waals surface area contributed by atoms with Gasteiger partial charge in [0.05, 0.1) is 18.5 Å². The van der Waals surface area contributed by atoms with Crippen LogP contribution in [0.3, 0.4) is 0 Å². The van der Waals surface area contributed by atoms with E-state index >= 15 is 0 Å². The highest BCUT2D eigenvalue weighted by Gasteiger charge is 2.32. The molecule has 1 fully saturated rings. The summed E-state index contributed by atoms with van der Waals surface area (Å²) in [4.78, 5) is 28.7. The molecule has 2 aromatic rings. The third-order valence-corrected chi connectivity index (χ3v) is 5.95. The number of nitrogens with zero attached hydrogens (tertiary/aromatic N) is 2. The summed E-state index contributed by atoms with van der Waals surface area (Å²) >= 11 is 1.15. The number of aromatic nitrogens is 1. The molecule has 25 heavy (non-hydrogen) atoms. The van der Waals surface area contributed by atoms with Crippen molar-refractivity contribution in [1.82, 2.24) is 4.98 Å². The van der Waals surface area contributed by atoms with Gasteiger partial charge in [0.25, 0.3) is 10.0 Å². The summed E-state index contributed by atoms with van der Waals surface area (Å²) in [6.45, 7) is 1.75. The molecule has 0 aliphatic carbocycles. The first-order chi connectivity index (χ1) is 11.8. The number of carbonyl (C=O) groups is 2. The molecule has 1 saturated heterocycles. The molecule has 0 spiro atoms. The molecule has 1 aromatic heterocycles. The molecule has 0 bridgehead atoms. The van der Waals surface area contributed by atoms with E-state index in [9.17, 15) is 18.0 Å². The predicted octanol–water partition coefficient (Wildman–Crippen LogP) is 1.91. The van der Waals surface area contributed by atoms with Crippen molar-refractivity contribution < 1.29 is 22.7 Å². The van der Waals surface area contributed by atoms with Gasteiger partial charge in [-0.15, -0.1) is 11.3 Å². The van der Waals surface area contributed by atoms with E-state index in [1.165, 1.54) is 25.3 Å². The molecular weight excluding hydrogens is 366 g/mol. The molecule has 1 aliphatic rings.